The van der Waals surface area contributed by atoms with Crippen LogP contribution in [0.2, 0.25) is 0 Å². The van der Waals surface area contributed by atoms with E-state index in [1.165, 1.54) is 6.33 Å². The van der Waals surface area contributed by atoms with Crippen molar-refractivity contribution in [3.05, 3.63) is 66.5 Å². The van der Waals surface area contributed by atoms with E-state index >= 15 is 0 Å². The molecule has 3 aromatic rings. The molecule has 9 heteroatoms. The Morgan fingerprint density at radius 3 is 2.61 bits per heavy atom. The Balaban J connectivity index is 1.39. The lowest BCUT2D eigenvalue weighted by Gasteiger charge is -2.09. The van der Waals surface area contributed by atoms with Crippen LogP contribution in [-0.4, -0.2) is 51.0 Å². The lowest BCUT2D eigenvalue weighted by atomic mass is 10.2. The van der Waals surface area contributed by atoms with E-state index in [1.54, 1.807) is 36.5 Å². The Morgan fingerprint density at radius 2 is 1.86 bits per heavy atom. The van der Waals surface area contributed by atoms with Gasteiger partial charge in [-0.1, -0.05) is 18.2 Å². The topological polar surface area (TPSA) is 114 Å². The van der Waals surface area contributed by atoms with Crippen molar-refractivity contribution in [2.45, 2.75) is 6.92 Å². The van der Waals surface area contributed by atoms with Crippen LogP contribution in [0.5, 0.6) is 0 Å². The monoisotopic (exact) mass is 379 g/mol. The number of nitrogens with zero attached hydrogens (tertiary/aromatic N) is 4. The molecule has 0 radical (unpaired) electrons. The molecule has 0 spiro atoms. The first-order valence-corrected chi connectivity index (χ1v) is 8.79. The standard InChI is InChI=1S/C19H21N7O2/c1-14-20-9-10-26(14)17-11-16(24-13-25-17)21-7-8-22-18(27)12-23-19(28)15-5-3-2-4-6-15/h2-6,9-11,13H,7-8,12H2,1H3,(H,22,27)(H,23,28)(H,21,24,25). The quantitative estimate of drug-likeness (QED) is 0.502. The highest BCUT2D eigenvalue weighted by atomic mass is 16.2. The molecule has 2 aromatic heterocycles. The van der Waals surface area contributed by atoms with E-state index in [2.05, 4.69) is 30.9 Å². The number of imidazole rings is 1. The van der Waals surface area contributed by atoms with Gasteiger partial charge < -0.3 is 16.0 Å². The average Bonchev–Trinajstić information content (AvgIpc) is 3.16. The maximum Gasteiger partial charge on any atom is 0.251 e. The van der Waals surface area contributed by atoms with Gasteiger partial charge in [-0.2, -0.15) is 0 Å². The number of aryl methyl sites for hydroxylation is 1. The van der Waals surface area contributed by atoms with Crippen LogP contribution in [-0.2, 0) is 4.79 Å². The summed E-state index contributed by atoms with van der Waals surface area (Å²) < 4.78 is 1.85. The number of carbonyl (C=O) groups excluding carboxylic acids is 2. The Bertz CT molecular complexity index is 940. The van der Waals surface area contributed by atoms with Gasteiger partial charge in [0.15, 0.2) is 0 Å². The number of anilines is 1. The second kappa shape index (κ2) is 9.26. The maximum atomic E-state index is 11.9. The molecule has 0 aliphatic carbocycles. The number of aromatic nitrogens is 4. The van der Waals surface area contributed by atoms with Crippen LogP contribution in [0.4, 0.5) is 5.82 Å². The molecule has 1 aromatic carbocycles. The Morgan fingerprint density at radius 1 is 1.04 bits per heavy atom. The van der Waals surface area contributed by atoms with Gasteiger partial charge in [0.05, 0.1) is 6.54 Å². The minimum Gasteiger partial charge on any atom is -0.368 e. The Labute approximate surface area is 162 Å². The smallest absolute Gasteiger partial charge is 0.251 e. The Kier molecular flexibility index (Phi) is 6.29. The zero-order valence-corrected chi connectivity index (χ0v) is 15.4. The fourth-order valence-corrected chi connectivity index (χ4v) is 2.50. The summed E-state index contributed by atoms with van der Waals surface area (Å²) >= 11 is 0. The number of amides is 2. The molecule has 2 heterocycles. The highest BCUT2D eigenvalue weighted by Gasteiger charge is 2.07. The number of rotatable bonds is 8. The van der Waals surface area contributed by atoms with Crippen molar-refractivity contribution in [1.29, 1.82) is 0 Å². The number of nitrogens with one attached hydrogen (secondary N) is 3. The predicted octanol–water partition coefficient (Wildman–Crippen LogP) is 0.929. The minimum absolute atomic E-state index is 0.0781. The van der Waals surface area contributed by atoms with Crippen LogP contribution in [0.15, 0.2) is 55.1 Å². The molecule has 0 unspecified atom stereocenters. The van der Waals surface area contributed by atoms with Crippen LogP contribution in [0.1, 0.15) is 16.2 Å². The molecule has 0 aliphatic heterocycles. The molecule has 0 fully saturated rings. The number of hydrogen-bond donors (Lipinski definition) is 3. The molecule has 2 amide bonds. The van der Waals surface area contributed by atoms with Gasteiger partial charge in [0.25, 0.3) is 5.91 Å². The lowest BCUT2D eigenvalue weighted by molar-refractivity contribution is -0.120. The second-order valence-corrected chi connectivity index (χ2v) is 5.93. The van der Waals surface area contributed by atoms with Gasteiger partial charge in [0.1, 0.15) is 23.8 Å². The van der Waals surface area contributed by atoms with Crippen molar-refractivity contribution >= 4 is 17.6 Å². The molecule has 144 valence electrons. The van der Waals surface area contributed by atoms with Crippen molar-refractivity contribution in [3.8, 4) is 5.82 Å². The van der Waals surface area contributed by atoms with Crippen molar-refractivity contribution in [2.75, 3.05) is 25.0 Å². The SMILES string of the molecule is Cc1nccn1-c1cc(NCCNC(=O)CNC(=O)c2ccccc2)ncn1. The third-order valence-corrected chi connectivity index (χ3v) is 3.92. The molecule has 28 heavy (non-hydrogen) atoms. The second-order valence-electron chi connectivity index (χ2n) is 5.93. The summed E-state index contributed by atoms with van der Waals surface area (Å²) in [5.74, 6) is 1.64. The van der Waals surface area contributed by atoms with Crippen LogP contribution < -0.4 is 16.0 Å². The van der Waals surface area contributed by atoms with Crippen LogP contribution >= 0.6 is 0 Å². The minimum atomic E-state index is -0.280. The first kappa shape index (κ1) is 19.0. The summed E-state index contributed by atoms with van der Waals surface area (Å²) in [5.41, 5.74) is 0.518. The first-order chi connectivity index (χ1) is 13.6. The summed E-state index contributed by atoms with van der Waals surface area (Å²) in [4.78, 5) is 36.3. The molecule has 0 saturated heterocycles. The average molecular weight is 379 g/mol. The van der Waals surface area contributed by atoms with Crippen LogP contribution in [0.25, 0.3) is 5.82 Å². The zero-order valence-electron chi connectivity index (χ0n) is 15.4. The molecular weight excluding hydrogens is 358 g/mol. The number of carbonyl (C=O) groups is 2. The van der Waals surface area contributed by atoms with Gasteiger partial charge in [-0.05, 0) is 19.1 Å². The highest BCUT2D eigenvalue weighted by Crippen LogP contribution is 2.10. The largest absolute Gasteiger partial charge is 0.368 e. The maximum absolute atomic E-state index is 11.9. The molecule has 0 atom stereocenters. The highest BCUT2D eigenvalue weighted by molar-refractivity contribution is 5.96. The third kappa shape index (κ3) is 5.13. The zero-order chi connectivity index (χ0) is 19.8. The van der Waals surface area contributed by atoms with E-state index < -0.39 is 0 Å². The fraction of sp³-hybridized carbons (Fsp3) is 0.211. The van der Waals surface area contributed by atoms with Crippen molar-refractivity contribution in [2.24, 2.45) is 0 Å². The normalized spacial score (nSPS) is 10.3. The molecule has 0 aliphatic rings. The lowest BCUT2D eigenvalue weighted by Crippen LogP contribution is -2.38. The molecule has 9 nitrogen and oxygen atoms in total. The van der Waals surface area contributed by atoms with E-state index in [4.69, 9.17) is 0 Å². The molecule has 3 rings (SSSR count). The van der Waals surface area contributed by atoms with Gasteiger partial charge >= 0.3 is 0 Å². The van der Waals surface area contributed by atoms with Crippen LogP contribution in [0.3, 0.4) is 0 Å². The van der Waals surface area contributed by atoms with E-state index in [1.807, 2.05) is 23.8 Å². The molecule has 3 N–H and O–H groups in total. The summed E-state index contributed by atoms with van der Waals surface area (Å²) in [6.45, 7) is 2.69. The number of hydrogen-bond acceptors (Lipinski definition) is 6. The van der Waals surface area contributed by atoms with Gasteiger partial charge in [-0.25, -0.2) is 15.0 Å². The Hall–Kier alpha value is -3.75. The van der Waals surface area contributed by atoms with Gasteiger partial charge in [-0.15, -0.1) is 0 Å². The molecule has 0 bridgehead atoms. The van der Waals surface area contributed by atoms with Crippen LogP contribution in [0, 0.1) is 6.92 Å². The van der Waals surface area contributed by atoms with E-state index in [0.29, 0.717) is 30.3 Å². The fourth-order valence-electron chi connectivity index (χ4n) is 2.50. The molecule has 0 saturated carbocycles. The van der Waals surface area contributed by atoms with E-state index in [0.717, 1.165) is 5.82 Å². The summed E-state index contributed by atoms with van der Waals surface area (Å²) in [6.07, 6.45) is 5.00. The van der Waals surface area contributed by atoms with E-state index in [-0.39, 0.29) is 18.4 Å². The van der Waals surface area contributed by atoms with Crippen molar-refractivity contribution in [1.82, 2.24) is 30.2 Å². The first-order valence-electron chi connectivity index (χ1n) is 8.79. The van der Waals surface area contributed by atoms with Gasteiger partial charge in [-0.3, -0.25) is 14.2 Å². The third-order valence-electron chi connectivity index (χ3n) is 3.92. The molecular formula is C19H21N7O2. The summed E-state index contributed by atoms with van der Waals surface area (Å²) in [6, 6.07) is 10.6. The summed E-state index contributed by atoms with van der Waals surface area (Å²) in [5, 5.41) is 8.45. The van der Waals surface area contributed by atoms with Gasteiger partial charge in [0.2, 0.25) is 5.91 Å². The van der Waals surface area contributed by atoms with Crippen molar-refractivity contribution < 1.29 is 9.59 Å². The van der Waals surface area contributed by atoms with E-state index in [9.17, 15) is 9.59 Å². The van der Waals surface area contributed by atoms with Crippen molar-refractivity contribution in [3.63, 3.8) is 0 Å². The van der Waals surface area contributed by atoms with Gasteiger partial charge in [0, 0.05) is 37.1 Å². The number of benzene rings is 1. The predicted molar refractivity (Wildman–Crippen MR) is 104 cm³/mol. The summed E-state index contributed by atoms with van der Waals surface area (Å²) in [7, 11) is 0.